The molecule has 3 aromatic rings. The van der Waals surface area contributed by atoms with Crippen LogP contribution in [0.25, 0.3) is 0 Å². The molecule has 0 saturated heterocycles. The van der Waals surface area contributed by atoms with Crippen molar-refractivity contribution < 1.29 is 14.3 Å². The van der Waals surface area contributed by atoms with Crippen molar-refractivity contribution in [1.29, 1.82) is 0 Å². The van der Waals surface area contributed by atoms with Gasteiger partial charge in [0.25, 0.3) is 0 Å². The lowest BCUT2D eigenvalue weighted by Gasteiger charge is -2.38. The van der Waals surface area contributed by atoms with Gasteiger partial charge in [0.2, 0.25) is 0 Å². The lowest BCUT2D eigenvalue weighted by atomic mass is 10.0. The Balaban J connectivity index is 2.25. The topological polar surface area (TPSA) is 51.7 Å². The second-order valence-corrected chi connectivity index (χ2v) is 19.4. The maximum Gasteiger partial charge on any atom is 0.415 e. The zero-order valence-corrected chi connectivity index (χ0v) is 30.0. The Morgan fingerprint density at radius 3 is 2.09 bits per heavy atom. The van der Waals surface area contributed by atoms with Crippen molar-refractivity contribution in [3.63, 3.8) is 0 Å². The molecule has 0 fully saturated rings. The van der Waals surface area contributed by atoms with E-state index in [1.165, 1.54) is 5.56 Å². The Morgan fingerprint density at radius 2 is 1.55 bits per heavy atom. The highest BCUT2D eigenvalue weighted by Crippen LogP contribution is 2.41. The number of amides is 1. The first-order valence-electron chi connectivity index (χ1n) is 15.8. The van der Waals surface area contributed by atoms with Crippen molar-refractivity contribution in [2.75, 3.05) is 12.0 Å². The number of aryl methyl sites for hydroxylation is 1. The van der Waals surface area contributed by atoms with Gasteiger partial charge in [-0.15, -0.1) is 5.54 Å². The van der Waals surface area contributed by atoms with E-state index in [2.05, 4.69) is 89.4 Å². The van der Waals surface area contributed by atoms with Gasteiger partial charge in [0.05, 0.1) is 19.3 Å². The maximum absolute atomic E-state index is 13.9. The number of pyridine rings is 1. The SMILES string of the molecule is COc1c(C)cnc(CN(C(=O)OC(C)(C)C)c2cc(C#C[Si](C(C)C)(C(C)C)C(C)C)cc(Cc3ccccc3)c2)c1C. The van der Waals surface area contributed by atoms with Crippen LogP contribution in [0.1, 0.15) is 95.8 Å². The molecule has 0 N–H and O–H groups in total. The third-order valence-electron chi connectivity index (χ3n) is 8.50. The van der Waals surface area contributed by atoms with E-state index >= 15 is 0 Å². The number of rotatable bonds is 9. The Kier molecular flexibility index (Phi) is 11.5. The summed E-state index contributed by atoms with van der Waals surface area (Å²) in [6.07, 6.45) is 2.09. The summed E-state index contributed by atoms with van der Waals surface area (Å²) in [6, 6.07) is 16.7. The first-order valence-corrected chi connectivity index (χ1v) is 18.0. The van der Waals surface area contributed by atoms with E-state index in [1.54, 1.807) is 18.2 Å². The van der Waals surface area contributed by atoms with E-state index in [4.69, 9.17) is 14.5 Å². The molecule has 2 aromatic carbocycles. The van der Waals surface area contributed by atoms with Gasteiger partial charge in [-0.25, -0.2) is 4.79 Å². The van der Waals surface area contributed by atoms with Gasteiger partial charge in [0.15, 0.2) is 0 Å². The summed E-state index contributed by atoms with van der Waals surface area (Å²) in [5, 5.41) is 0. The molecule has 1 amide bonds. The molecule has 0 aliphatic carbocycles. The van der Waals surface area contributed by atoms with Crippen LogP contribution < -0.4 is 9.64 Å². The van der Waals surface area contributed by atoms with Gasteiger partial charge in [-0.3, -0.25) is 9.88 Å². The molecule has 0 atom stereocenters. The van der Waals surface area contributed by atoms with E-state index < -0.39 is 19.8 Å². The molecule has 6 heteroatoms. The third kappa shape index (κ3) is 8.33. The molecule has 0 aliphatic heterocycles. The summed E-state index contributed by atoms with van der Waals surface area (Å²) in [6.45, 7) is 23.8. The maximum atomic E-state index is 13.9. The van der Waals surface area contributed by atoms with Gasteiger partial charge in [0, 0.05) is 28.6 Å². The standard InChI is InChI=1S/C38H52N2O3Si/c1-26(2)44(27(3)4,28(5)6)19-18-32-21-33(20-31-16-14-13-15-17-31)23-34(22-32)40(37(41)43-38(9,10)11)25-35-30(8)36(42-12)29(7)24-39-35/h13-17,21-24,26-28H,20,25H2,1-12H3. The minimum atomic E-state index is -1.97. The normalized spacial score (nSPS) is 11.9. The van der Waals surface area contributed by atoms with Crippen LogP contribution in [0.2, 0.25) is 16.6 Å². The zero-order valence-electron chi connectivity index (χ0n) is 29.0. The highest BCUT2D eigenvalue weighted by atomic mass is 28.3. The minimum absolute atomic E-state index is 0.238. The van der Waals surface area contributed by atoms with Gasteiger partial charge in [0.1, 0.15) is 19.4 Å². The van der Waals surface area contributed by atoms with Gasteiger partial charge >= 0.3 is 6.09 Å². The lowest BCUT2D eigenvalue weighted by Crippen LogP contribution is -2.43. The van der Waals surface area contributed by atoms with Gasteiger partial charge in [-0.2, -0.15) is 0 Å². The van der Waals surface area contributed by atoms with Gasteiger partial charge < -0.3 is 9.47 Å². The average molecular weight is 613 g/mol. The van der Waals surface area contributed by atoms with E-state index in [9.17, 15) is 4.79 Å². The molecule has 0 aliphatic rings. The molecule has 236 valence electrons. The number of methoxy groups -OCH3 is 1. The molecule has 5 nitrogen and oxygen atoms in total. The van der Waals surface area contributed by atoms with Crippen LogP contribution in [0.5, 0.6) is 5.75 Å². The van der Waals surface area contributed by atoms with E-state index in [1.807, 2.05) is 46.8 Å². The Labute approximate surface area is 267 Å². The average Bonchev–Trinajstić information content (AvgIpc) is 2.92. The monoisotopic (exact) mass is 612 g/mol. The molecule has 0 bridgehead atoms. The number of carbonyl (C=O) groups excluding carboxylic acids is 1. The first kappa shape index (κ1) is 34.9. The summed E-state index contributed by atoms with van der Waals surface area (Å²) in [5.74, 6) is 4.42. The summed E-state index contributed by atoms with van der Waals surface area (Å²) in [4.78, 5) is 20.3. The molecular weight excluding hydrogens is 561 g/mol. The first-order chi connectivity index (χ1) is 20.6. The fourth-order valence-electron chi connectivity index (χ4n) is 6.41. The number of benzene rings is 2. The Morgan fingerprint density at radius 1 is 0.932 bits per heavy atom. The van der Waals surface area contributed by atoms with Crippen molar-refractivity contribution in [3.8, 4) is 17.2 Å². The molecule has 3 rings (SSSR count). The highest BCUT2D eigenvalue weighted by molar-refractivity contribution is 6.90. The Hall–Kier alpha value is -3.56. The van der Waals surface area contributed by atoms with E-state index in [0.29, 0.717) is 16.6 Å². The molecule has 0 spiro atoms. The lowest BCUT2D eigenvalue weighted by molar-refractivity contribution is 0.0577. The molecule has 44 heavy (non-hydrogen) atoms. The minimum Gasteiger partial charge on any atom is -0.496 e. The summed E-state index contributed by atoms with van der Waals surface area (Å²) >= 11 is 0. The number of hydrogen-bond acceptors (Lipinski definition) is 4. The van der Waals surface area contributed by atoms with Crippen LogP contribution in [-0.4, -0.2) is 31.9 Å². The third-order valence-corrected chi connectivity index (χ3v) is 14.8. The van der Waals surface area contributed by atoms with Crippen molar-refractivity contribution in [1.82, 2.24) is 4.98 Å². The summed E-state index contributed by atoms with van der Waals surface area (Å²) in [7, 11) is -0.310. The molecule has 1 heterocycles. The zero-order chi connectivity index (χ0) is 32.8. The van der Waals surface area contributed by atoms with Crippen LogP contribution in [0.15, 0.2) is 54.7 Å². The summed E-state index contributed by atoms with van der Waals surface area (Å²) in [5.41, 5.74) is 11.3. The number of ether oxygens (including phenoxy) is 2. The van der Waals surface area contributed by atoms with Crippen LogP contribution in [0.4, 0.5) is 10.5 Å². The number of aromatic nitrogens is 1. The largest absolute Gasteiger partial charge is 0.496 e. The Bertz CT molecular complexity index is 1470. The number of hydrogen-bond donors (Lipinski definition) is 0. The van der Waals surface area contributed by atoms with Gasteiger partial charge in [-0.1, -0.05) is 77.8 Å². The fourth-order valence-corrected chi connectivity index (χ4v) is 11.6. The summed E-state index contributed by atoms with van der Waals surface area (Å²) < 4.78 is 11.6. The van der Waals surface area contributed by atoms with E-state index in [-0.39, 0.29) is 6.54 Å². The number of anilines is 1. The number of nitrogens with zero attached hydrogens (tertiary/aromatic N) is 2. The quantitative estimate of drug-likeness (QED) is 0.178. The van der Waals surface area contributed by atoms with Crippen molar-refractivity contribution in [3.05, 3.63) is 88.2 Å². The van der Waals surface area contributed by atoms with Crippen LogP contribution >= 0.6 is 0 Å². The fraction of sp³-hybridized carbons (Fsp3) is 0.474. The van der Waals surface area contributed by atoms with Crippen molar-refractivity contribution in [2.45, 2.75) is 111 Å². The number of carbonyl (C=O) groups is 1. The van der Waals surface area contributed by atoms with Crippen molar-refractivity contribution in [2.24, 2.45) is 0 Å². The second-order valence-electron chi connectivity index (χ2n) is 13.8. The smallest absolute Gasteiger partial charge is 0.415 e. The molecule has 0 saturated carbocycles. The molecule has 0 unspecified atom stereocenters. The predicted molar refractivity (Wildman–Crippen MR) is 186 cm³/mol. The van der Waals surface area contributed by atoms with Crippen LogP contribution in [-0.2, 0) is 17.7 Å². The van der Waals surface area contributed by atoms with Crippen LogP contribution in [0.3, 0.4) is 0 Å². The molecule has 1 aromatic heterocycles. The second kappa shape index (κ2) is 14.5. The predicted octanol–water partition coefficient (Wildman–Crippen LogP) is 9.81. The van der Waals surface area contributed by atoms with Crippen LogP contribution in [0, 0.1) is 25.3 Å². The van der Waals surface area contributed by atoms with E-state index in [0.717, 1.165) is 45.8 Å². The molecule has 0 radical (unpaired) electrons. The highest BCUT2D eigenvalue weighted by Gasteiger charge is 2.41. The van der Waals surface area contributed by atoms with Gasteiger partial charge in [-0.05, 0) is 87.0 Å². The molecular formula is C38H52N2O3Si. The van der Waals surface area contributed by atoms with Crippen molar-refractivity contribution >= 4 is 19.9 Å².